The van der Waals surface area contributed by atoms with Crippen LogP contribution in [0.5, 0.6) is 0 Å². The quantitative estimate of drug-likeness (QED) is 0.777. The highest BCUT2D eigenvalue weighted by molar-refractivity contribution is 7.91. The van der Waals surface area contributed by atoms with Crippen LogP contribution in [0.3, 0.4) is 0 Å². The van der Waals surface area contributed by atoms with Crippen LogP contribution < -0.4 is 0 Å². The van der Waals surface area contributed by atoms with Gasteiger partial charge in [-0.1, -0.05) is 19.8 Å². The molecule has 0 spiro atoms. The summed E-state index contributed by atoms with van der Waals surface area (Å²) in [6, 6.07) is -0.0705. The van der Waals surface area contributed by atoms with Gasteiger partial charge in [-0.25, -0.2) is 8.42 Å². The Balaban J connectivity index is 1.96. The summed E-state index contributed by atoms with van der Waals surface area (Å²) in [5, 5.41) is 0. The summed E-state index contributed by atoms with van der Waals surface area (Å²) in [4.78, 5) is 14.3. The topological polar surface area (TPSA) is 54.5 Å². The van der Waals surface area contributed by atoms with E-state index in [2.05, 4.69) is 0 Å². The van der Waals surface area contributed by atoms with Gasteiger partial charge in [-0.05, 0) is 31.6 Å². The summed E-state index contributed by atoms with van der Waals surface area (Å²) >= 11 is 0. The molecule has 4 nitrogen and oxygen atoms in total. The first-order chi connectivity index (χ1) is 9.02. The summed E-state index contributed by atoms with van der Waals surface area (Å²) in [7, 11) is -2.91. The molecule has 1 aliphatic heterocycles. The van der Waals surface area contributed by atoms with Crippen LogP contribution in [0.25, 0.3) is 0 Å². The Morgan fingerprint density at radius 3 is 2.42 bits per heavy atom. The maximum Gasteiger partial charge on any atom is 0.223 e. The van der Waals surface area contributed by atoms with Gasteiger partial charge in [0.25, 0.3) is 0 Å². The second kappa shape index (κ2) is 6.25. The molecule has 1 saturated heterocycles. The Kier molecular flexibility index (Phi) is 4.87. The van der Waals surface area contributed by atoms with E-state index in [4.69, 9.17) is 0 Å². The lowest BCUT2D eigenvalue weighted by molar-refractivity contribution is -0.134. The lowest BCUT2D eigenvalue weighted by Crippen LogP contribution is -2.42. The van der Waals surface area contributed by atoms with Gasteiger partial charge < -0.3 is 4.90 Å². The zero-order valence-corrected chi connectivity index (χ0v) is 12.6. The fourth-order valence-electron chi connectivity index (χ4n) is 3.35. The van der Waals surface area contributed by atoms with Gasteiger partial charge in [0.2, 0.25) is 5.91 Å². The molecule has 5 heteroatoms. The molecule has 1 aliphatic carbocycles. The molecule has 2 fully saturated rings. The maximum atomic E-state index is 12.4. The Hall–Kier alpha value is -0.580. The number of sulfone groups is 1. The van der Waals surface area contributed by atoms with Crippen molar-refractivity contribution in [2.45, 2.75) is 57.9 Å². The number of carbonyl (C=O) groups is 1. The first-order valence-corrected chi connectivity index (χ1v) is 9.34. The van der Waals surface area contributed by atoms with E-state index in [0.717, 1.165) is 19.3 Å². The molecule has 0 bridgehead atoms. The molecule has 0 radical (unpaired) electrons. The van der Waals surface area contributed by atoms with Crippen LogP contribution >= 0.6 is 0 Å². The molecule has 1 amide bonds. The Bertz CT molecular complexity index is 412. The molecule has 2 rings (SSSR count). The average molecular weight is 287 g/mol. The van der Waals surface area contributed by atoms with Crippen LogP contribution in [0.1, 0.15) is 51.9 Å². The maximum absolute atomic E-state index is 12.4. The van der Waals surface area contributed by atoms with E-state index in [-0.39, 0.29) is 23.5 Å². The van der Waals surface area contributed by atoms with E-state index < -0.39 is 9.84 Å². The van der Waals surface area contributed by atoms with Gasteiger partial charge >= 0.3 is 0 Å². The van der Waals surface area contributed by atoms with Gasteiger partial charge in [0.1, 0.15) is 0 Å². The van der Waals surface area contributed by atoms with Crippen molar-refractivity contribution >= 4 is 15.7 Å². The molecule has 1 saturated carbocycles. The van der Waals surface area contributed by atoms with Gasteiger partial charge in [-0.3, -0.25) is 4.79 Å². The van der Waals surface area contributed by atoms with Crippen molar-refractivity contribution in [2.75, 3.05) is 18.1 Å². The Labute approximate surface area is 116 Å². The van der Waals surface area contributed by atoms with Crippen molar-refractivity contribution in [3.8, 4) is 0 Å². The van der Waals surface area contributed by atoms with Gasteiger partial charge in [-0.2, -0.15) is 0 Å². The summed E-state index contributed by atoms with van der Waals surface area (Å²) in [5.74, 6) is 1.12. The molecule has 110 valence electrons. The smallest absolute Gasteiger partial charge is 0.223 e. The first kappa shape index (κ1) is 14.8. The number of hydrogen-bond donors (Lipinski definition) is 0. The number of amides is 1. The fraction of sp³-hybridized carbons (Fsp3) is 0.929. The highest BCUT2D eigenvalue weighted by atomic mass is 32.2. The predicted molar refractivity (Wildman–Crippen MR) is 75.6 cm³/mol. The predicted octanol–water partition coefficient (Wildman–Crippen LogP) is 1.99. The number of rotatable bonds is 5. The zero-order valence-electron chi connectivity index (χ0n) is 11.8. The largest absolute Gasteiger partial charge is 0.339 e. The molecule has 0 aromatic carbocycles. The van der Waals surface area contributed by atoms with E-state index in [1.54, 1.807) is 0 Å². The molecule has 1 unspecified atom stereocenters. The SMILES string of the molecule is CCCN(C(=O)CC1CCCC1)C1CCS(=O)(=O)C1. The molecule has 19 heavy (non-hydrogen) atoms. The van der Waals surface area contributed by atoms with Crippen LogP contribution in [0.4, 0.5) is 0 Å². The minimum Gasteiger partial charge on any atom is -0.339 e. The monoisotopic (exact) mass is 287 g/mol. The fourth-order valence-corrected chi connectivity index (χ4v) is 5.08. The first-order valence-electron chi connectivity index (χ1n) is 7.51. The molecule has 1 atom stereocenters. The van der Waals surface area contributed by atoms with Crippen LogP contribution in [0.15, 0.2) is 0 Å². The van der Waals surface area contributed by atoms with Crippen LogP contribution in [0.2, 0.25) is 0 Å². The van der Waals surface area contributed by atoms with Crippen LogP contribution in [0, 0.1) is 5.92 Å². The normalized spacial score (nSPS) is 26.7. The van der Waals surface area contributed by atoms with Gasteiger partial charge in [0.15, 0.2) is 9.84 Å². The summed E-state index contributed by atoms with van der Waals surface area (Å²) < 4.78 is 23.2. The number of carbonyl (C=O) groups excluding carboxylic acids is 1. The number of nitrogens with zero attached hydrogens (tertiary/aromatic N) is 1. The summed E-state index contributed by atoms with van der Waals surface area (Å²) in [6.45, 7) is 2.74. The minimum atomic E-state index is -2.91. The third kappa shape index (κ3) is 3.94. The van der Waals surface area contributed by atoms with Gasteiger partial charge in [0, 0.05) is 19.0 Å². The molecular formula is C14H25NO3S. The van der Waals surface area contributed by atoms with E-state index in [0.29, 0.717) is 25.3 Å². The van der Waals surface area contributed by atoms with E-state index in [1.165, 1.54) is 12.8 Å². The molecule has 0 aromatic rings. The van der Waals surface area contributed by atoms with Crippen molar-refractivity contribution in [2.24, 2.45) is 5.92 Å². The van der Waals surface area contributed by atoms with E-state index >= 15 is 0 Å². The Morgan fingerprint density at radius 2 is 1.89 bits per heavy atom. The molecule has 0 N–H and O–H groups in total. The lowest BCUT2D eigenvalue weighted by Gasteiger charge is -2.29. The summed E-state index contributed by atoms with van der Waals surface area (Å²) in [6.07, 6.45) is 6.94. The van der Waals surface area contributed by atoms with Crippen molar-refractivity contribution in [3.63, 3.8) is 0 Å². The second-order valence-electron chi connectivity index (χ2n) is 6.00. The van der Waals surface area contributed by atoms with Gasteiger partial charge in [-0.15, -0.1) is 0 Å². The minimum absolute atomic E-state index is 0.0705. The van der Waals surface area contributed by atoms with Crippen molar-refractivity contribution in [1.29, 1.82) is 0 Å². The third-order valence-corrected chi connectivity index (χ3v) is 6.12. The highest BCUT2D eigenvalue weighted by Crippen LogP contribution is 2.29. The van der Waals surface area contributed by atoms with E-state index in [9.17, 15) is 13.2 Å². The van der Waals surface area contributed by atoms with Gasteiger partial charge in [0.05, 0.1) is 11.5 Å². The average Bonchev–Trinajstić information content (AvgIpc) is 2.95. The highest BCUT2D eigenvalue weighted by Gasteiger charge is 2.34. The molecule has 2 aliphatic rings. The zero-order chi connectivity index (χ0) is 13.9. The summed E-state index contributed by atoms with van der Waals surface area (Å²) in [5.41, 5.74) is 0. The van der Waals surface area contributed by atoms with Crippen molar-refractivity contribution in [1.82, 2.24) is 4.90 Å². The van der Waals surface area contributed by atoms with E-state index in [1.807, 2.05) is 11.8 Å². The molecule has 0 aromatic heterocycles. The third-order valence-electron chi connectivity index (χ3n) is 4.37. The van der Waals surface area contributed by atoms with Crippen LogP contribution in [-0.2, 0) is 14.6 Å². The van der Waals surface area contributed by atoms with Crippen molar-refractivity contribution < 1.29 is 13.2 Å². The van der Waals surface area contributed by atoms with Crippen LogP contribution in [-0.4, -0.2) is 43.3 Å². The second-order valence-corrected chi connectivity index (χ2v) is 8.23. The van der Waals surface area contributed by atoms with Crippen molar-refractivity contribution in [3.05, 3.63) is 0 Å². The number of hydrogen-bond acceptors (Lipinski definition) is 3. The molecule has 1 heterocycles. The Morgan fingerprint density at radius 1 is 1.21 bits per heavy atom. The standard InChI is InChI=1S/C14H25NO3S/c1-2-8-15(13-7-9-19(17,18)11-13)14(16)10-12-5-3-4-6-12/h12-13H,2-11H2,1H3. The lowest BCUT2D eigenvalue weighted by atomic mass is 10.0. The molecular weight excluding hydrogens is 262 g/mol.